The maximum atomic E-state index is 10.3. The third kappa shape index (κ3) is 1.15. The first-order valence-corrected chi connectivity index (χ1v) is 5.26. The number of aliphatic hydroxyl groups excluding tert-OH is 1. The summed E-state index contributed by atoms with van der Waals surface area (Å²) in [5, 5.41) is 19.7. The summed E-state index contributed by atoms with van der Waals surface area (Å²) >= 11 is 0. The van der Waals surface area contributed by atoms with Crippen molar-refractivity contribution in [2.75, 3.05) is 6.61 Å². The van der Waals surface area contributed by atoms with Gasteiger partial charge in [-0.15, -0.1) is 0 Å². The van der Waals surface area contributed by atoms with E-state index in [1.165, 1.54) is 0 Å². The average molecular weight is 184 g/mol. The first-order chi connectivity index (χ1) is 5.93. The predicted octanol–water partition coefficient (Wildman–Crippen LogP) is 1.70. The summed E-state index contributed by atoms with van der Waals surface area (Å²) in [6.07, 6.45) is 4.87. The lowest BCUT2D eigenvalue weighted by atomic mass is 9.45. The molecule has 76 valence electrons. The molecular formula is C11H20O2. The minimum Gasteiger partial charge on any atom is -0.396 e. The number of aliphatic hydroxyl groups is 2. The minimum atomic E-state index is -0.530. The van der Waals surface area contributed by atoms with Gasteiger partial charge < -0.3 is 10.2 Å². The van der Waals surface area contributed by atoms with Gasteiger partial charge in [-0.05, 0) is 37.5 Å². The van der Waals surface area contributed by atoms with Gasteiger partial charge in [0.2, 0.25) is 0 Å². The topological polar surface area (TPSA) is 40.5 Å². The number of hydrogen-bond donors (Lipinski definition) is 2. The largest absolute Gasteiger partial charge is 0.396 e. The van der Waals surface area contributed by atoms with Gasteiger partial charge in [-0.1, -0.05) is 13.8 Å². The molecule has 0 aromatic carbocycles. The Hall–Kier alpha value is -0.0800. The minimum absolute atomic E-state index is 0.158. The van der Waals surface area contributed by atoms with Gasteiger partial charge in [0.25, 0.3) is 0 Å². The highest BCUT2D eigenvalue weighted by Gasteiger charge is 2.62. The van der Waals surface area contributed by atoms with Crippen molar-refractivity contribution in [3.63, 3.8) is 0 Å². The van der Waals surface area contributed by atoms with Crippen LogP contribution in [0.5, 0.6) is 0 Å². The van der Waals surface area contributed by atoms with Gasteiger partial charge in [0.15, 0.2) is 0 Å². The molecule has 0 unspecified atom stereocenters. The summed E-state index contributed by atoms with van der Waals surface area (Å²) in [5.74, 6) is 0. The molecule has 0 aromatic rings. The Morgan fingerprint density at radius 1 is 1.15 bits per heavy atom. The fourth-order valence-corrected chi connectivity index (χ4v) is 3.41. The van der Waals surface area contributed by atoms with Gasteiger partial charge in [0.1, 0.15) is 0 Å². The average Bonchev–Trinajstić information content (AvgIpc) is 1.94. The van der Waals surface area contributed by atoms with E-state index in [4.69, 9.17) is 0 Å². The van der Waals surface area contributed by atoms with Crippen LogP contribution in [0.2, 0.25) is 0 Å². The highest BCUT2D eigenvalue weighted by Crippen LogP contribution is 2.63. The molecule has 0 atom stereocenters. The van der Waals surface area contributed by atoms with E-state index >= 15 is 0 Å². The Morgan fingerprint density at radius 3 is 1.92 bits per heavy atom. The second-order valence-corrected chi connectivity index (χ2v) is 5.84. The van der Waals surface area contributed by atoms with E-state index in [9.17, 15) is 10.2 Å². The summed E-state index contributed by atoms with van der Waals surface area (Å²) in [5.41, 5.74) is -0.361. The standard InChI is InChI=1S/C11H20O2/c1-9(2)6-10(7-9,8-12)11(13)4-3-5-11/h12-13H,3-8H2,1-2H3. The summed E-state index contributed by atoms with van der Waals surface area (Å²) < 4.78 is 0. The predicted molar refractivity (Wildman–Crippen MR) is 51.3 cm³/mol. The van der Waals surface area contributed by atoms with Gasteiger partial charge in [-0.2, -0.15) is 0 Å². The van der Waals surface area contributed by atoms with Crippen molar-refractivity contribution in [2.24, 2.45) is 10.8 Å². The molecule has 2 fully saturated rings. The van der Waals surface area contributed by atoms with Gasteiger partial charge in [0, 0.05) is 5.41 Å². The van der Waals surface area contributed by atoms with Crippen LogP contribution in [-0.2, 0) is 0 Å². The van der Waals surface area contributed by atoms with Gasteiger partial charge in [-0.25, -0.2) is 0 Å². The molecule has 0 heterocycles. The molecule has 0 saturated heterocycles. The third-order valence-corrected chi connectivity index (χ3v) is 4.10. The first kappa shape index (κ1) is 9.47. The van der Waals surface area contributed by atoms with Crippen LogP contribution < -0.4 is 0 Å². The molecule has 0 aromatic heterocycles. The van der Waals surface area contributed by atoms with E-state index in [1.807, 2.05) is 0 Å². The zero-order chi connectivity index (χ0) is 9.74. The molecule has 0 aliphatic heterocycles. The van der Waals surface area contributed by atoms with Gasteiger partial charge in [0.05, 0.1) is 12.2 Å². The molecule has 0 amide bonds. The maximum absolute atomic E-state index is 10.3. The van der Waals surface area contributed by atoms with E-state index in [-0.39, 0.29) is 12.0 Å². The number of hydrogen-bond acceptors (Lipinski definition) is 2. The second kappa shape index (κ2) is 2.48. The highest BCUT2D eigenvalue weighted by molar-refractivity contribution is 5.12. The van der Waals surface area contributed by atoms with E-state index in [1.54, 1.807) is 0 Å². The maximum Gasteiger partial charge on any atom is 0.0726 e. The Bertz CT molecular complexity index is 208. The second-order valence-electron chi connectivity index (χ2n) is 5.84. The molecular weight excluding hydrogens is 164 g/mol. The fourth-order valence-electron chi connectivity index (χ4n) is 3.41. The Kier molecular flexibility index (Phi) is 1.81. The lowest BCUT2D eigenvalue weighted by Crippen LogP contribution is -2.63. The molecule has 2 aliphatic rings. The molecule has 2 heteroatoms. The molecule has 2 aliphatic carbocycles. The smallest absolute Gasteiger partial charge is 0.0726 e. The molecule has 0 bridgehead atoms. The Labute approximate surface area is 80.0 Å². The first-order valence-electron chi connectivity index (χ1n) is 5.26. The van der Waals surface area contributed by atoms with Crippen LogP contribution in [0.25, 0.3) is 0 Å². The molecule has 13 heavy (non-hydrogen) atoms. The fraction of sp³-hybridized carbons (Fsp3) is 1.00. The van der Waals surface area contributed by atoms with Crippen LogP contribution in [0.15, 0.2) is 0 Å². The van der Waals surface area contributed by atoms with E-state index in [2.05, 4.69) is 13.8 Å². The number of rotatable bonds is 2. The monoisotopic (exact) mass is 184 g/mol. The molecule has 2 nitrogen and oxygen atoms in total. The third-order valence-electron chi connectivity index (χ3n) is 4.10. The van der Waals surface area contributed by atoms with Crippen LogP contribution in [0.3, 0.4) is 0 Å². The zero-order valence-corrected chi connectivity index (χ0v) is 8.64. The van der Waals surface area contributed by atoms with Crippen molar-refractivity contribution in [3.8, 4) is 0 Å². The Balaban J connectivity index is 2.11. The van der Waals surface area contributed by atoms with Gasteiger partial charge >= 0.3 is 0 Å². The summed E-state index contributed by atoms with van der Waals surface area (Å²) in [6, 6.07) is 0. The SMILES string of the molecule is CC1(C)CC(CO)(C2(O)CCC2)C1. The molecule has 0 spiro atoms. The normalized spacial score (nSPS) is 33.2. The van der Waals surface area contributed by atoms with Gasteiger partial charge in [-0.3, -0.25) is 0 Å². The molecule has 0 radical (unpaired) electrons. The van der Waals surface area contributed by atoms with Crippen LogP contribution in [-0.4, -0.2) is 22.4 Å². The zero-order valence-electron chi connectivity index (χ0n) is 8.64. The summed E-state index contributed by atoms with van der Waals surface area (Å²) in [7, 11) is 0. The quantitative estimate of drug-likeness (QED) is 0.685. The van der Waals surface area contributed by atoms with Crippen molar-refractivity contribution >= 4 is 0 Å². The van der Waals surface area contributed by atoms with E-state index in [0.717, 1.165) is 32.1 Å². The van der Waals surface area contributed by atoms with Crippen molar-refractivity contribution in [3.05, 3.63) is 0 Å². The van der Waals surface area contributed by atoms with Crippen molar-refractivity contribution in [1.29, 1.82) is 0 Å². The van der Waals surface area contributed by atoms with Crippen molar-refractivity contribution in [1.82, 2.24) is 0 Å². The van der Waals surface area contributed by atoms with Crippen LogP contribution in [0, 0.1) is 10.8 Å². The van der Waals surface area contributed by atoms with Crippen molar-refractivity contribution < 1.29 is 10.2 Å². The summed E-state index contributed by atoms with van der Waals surface area (Å²) in [4.78, 5) is 0. The Morgan fingerprint density at radius 2 is 1.69 bits per heavy atom. The van der Waals surface area contributed by atoms with Crippen LogP contribution in [0.1, 0.15) is 46.0 Å². The summed E-state index contributed by atoms with van der Waals surface area (Å²) in [6.45, 7) is 4.58. The van der Waals surface area contributed by atoms with Crippen LogP contribution in [0.4, 0.5) is 0 Å². The molecule has 2 rings (SSSR count). The van der Waals surface area contributed by atoms with E-state index in [0.29, 0.717) is 5.41 Å². The molecule has 2 saturated carbocycles. The lowest BCUT2D eigenvalue weighted by Gasteiger charge is -2.63. The van der Waals surface area contributed by atoms with Crippen molar-refractivity contribution in [2.45, 2.75) is 51.6 Å². The molecule has 2 N–H and O–H groups in total. The lowest BCUT2D eigenvalue weighted by molar-refractivity contribution is -0.227. The van der Waals surface area contributed by atoms with E-state index < -0.39 is 5.60 Å². The van der Waals surface area contributed by atoms with Crippen LogP contribution >= 0.6 is 0 Å². The highest BCUT2D eigenvalue weighted by atomic mass is 16.3.